The molecule has 0 atom stereocenters. The van der Waals surface area contributed by atoms with Gasteiger partial charge in [0.05, 0.1) is 5.56 Å². The molecule has 0 unspecified atom stereocenters. The van der Waals surface area contributed by atoms with E-state index in [1.54, 1.807) is 6.07 Å². The lowest BCUT2D eigenvalue weighted by Crippen LogP contribution is -2.44. The monoisotopic (exact) mass is 439 g/mol. The number of anilines is 1. The summed E-state index contributed by atoms with van der Waals surface area (Å²) in [5, 5.41) is 10.9. The molecular formula is C27H25N3O3. The molecule has 4 heterocycles. The van der Waals surface area contributed by atoms with Crippen LogP contribution in [0.15, 0.2) is 44.0 Å². The topological polar surface area (TPSA) is 83.3 Å². The number of fused-ring (bicyclic) bond motifs is 3. The molecule has 2 aliphatic rings. The maximum absolute atomic E-state index is 13.3. The minimum atomic E-state index is -0.593. The van der Waals surface area contributed by atoms with Gasteiger partial charge in [-0.1, -0.05) is 39.8 Å². The zero-order valence-corrected chi connectivity index (χ0v) is 19.3. The molecule has 0 saturated carbocycles. The van der Waals surface area contributed by atoms with E-state index in [9.17, 15) is 10.1 Å². The Balaban J connectivity index is 1.76. The van der Waals surface area contributed by atoms with Gasteiger partial charge in [0, 0.05) is 29.7 Å². The van der Waals surface area contributed by atoms with E-state index >= 15 is 0 Å². The molecule has 4 aromatic rings. The van der Waals surface area contributed by atoms with Crippen LogP contribution < -0.4 is 10.5 Å². The molecule has 0 N–H and O–H groups in total. The maximum Gasteiger partial charge on any atom is 0.350 e. The van der Waals surface area contributed by atoms with E-state index < -0.39 is 5.63 Å². The number of hydrogen-bond donors (Lipinski definition) is 0. The second-order valence-electron chi connectivity index (χ2n) is 10.5. The fraction of sp³-hybridized carbons (Fsp3) is 0.370. The van der Waals surface area contributed by atoms with Crippen molar-refractivity contribution in [1.82, 2.24) is 4.98 Å². The van der Waals surface area contributed by atoms with E-state index in [4.69, 9.17) is 8.83 Å². The van der Waals surface area contributed by atoms with Crippen molar-refractivity contribution in [2.45, 2.75) is 51.4 Å². The van der Waals surface area contributed by atoms with Crippen LogP contribution in [0, 0.1) is 11.3 Å². The first-order chi connectivity index (χ1) is 15.7. The molecule has 2 aromatic heterocycles. The van der Waals surface area contributed by atoms with Crippen LogP contribution in [0.4, 0.5) is 5.69 Å². The highest BCUT2D eigenvalue weighted by atomic mass is 16.4. The third-order valence-corrected chi connectivity index (χ3v) is 7.53. The number of benzene rings is 2. The quantitative estimate of drug-likeness (QED) is 0.357. The van der Waals surface area contributed by atoms with E-state index in [2.05, 4.69) is 49.7 Å². The summed E-state index contributed by atoms with van der Waals surface area (Å²) >= 11 is 0. The molecular weight excluding hydrogens is 414 g/mol. The fourth-order valence-electron chi connectivity index (χ4n) is 5.51. The number of oxazole rings is 1. The lowest BCUT2D eigenvalue weighted by atomic mass is 9.69. The van der Waals surface area contributed by atoms with Gasteiger partial charge in [-0.3, -0.25) is 0 Å². The van der Waals surface area contributed by atoms with Crippen LogP contribution in [0.5, 0.6) is 0 Å². The van der Waals surface area contributed by atoms with E-state index in [0.29, 0.717) is 22.1 Å². The Morgan fingerprint density at radius 2 is 1.79 bits per heavy atom. The fourth-order valence-corrected chi connectivity index (χ4v) is 5.51. The Morgan fingerprint density at radius 1 is 1.06 bits per heavy atom. The minimum Gasteiger partial charge on any atom is -0.436 e. The third kappa shape index (κ3) is 2.72. The van der Waals surface area contributed by atoms with Crippen LogP contribution in [-0.2, 0) is 10.8 Å². The number of aromatic nitrogens is 1. The number of nitrogens with zero attached hydrogens (tertiary/aromatic N) is 3. The molecule has 2 aliphatic heterocycles. The highest BCUT2D eigenvalue weighted by molar-refractivity contribution is 5.97. The SMILES string of the molecule is CC1(C)CCN2CCC(C)(C)c3c2c1cc1c(C#N)c(-c2nc4ccccc4o2)c(=O)oc31. The Kier molecular flexibility index (Phi) is 3.93. The Morgan fingerprint density at radius 3 is 2.52 bits per heavy atom. The molecule has 0 radical (unpaired) electrons. The van der Waals surface area contributed by atoms with Crippen molar-refractivity contribution in [1.29, 1.82) is 5.26 Å². The number of nitriles is 1. The van der Waals surface area contributed by atoms with Crippen molar-refractivity contribution in [3.63, 3.8) is 0 Å². The van der Waals surface area contributed by atoms with Gasteiger partial charge in [0.25, 0.3) is 0 Å². The molecule has 0 bridgehead atoms. The van der Waals surface area contributed by atoms with Crippen molar-refractivity contribution in [3.8, 4) is 17.5 Å². The highest BCUT2D eigenvalue weighted by Gasteiger charge is 2.42. The summed E-state index contributed by atoms with van der Waals surface area (Å²) in [4.78, 5) is 20.2. The molecule has 0 aliphatic carbocycles. The standard InChI is InChI=1S/C27H25N3O3/c1-26(2)9-11-30-12-10-27(3,4)21-22(30)17(26)13-15-16(14-28)20(25(31)33-23(15)21)24-29-18-7-5-6-8-19(18)32-24/h5-8,13H,9-12H2,1-4H3. The third-order valence-electron chi connectivity index (χ3n) is 7.53. The smallest absolute Gasteiger partial charge is 0.350 e. The highest BCUT2D eigenvalue weighted by Crippen LogP contribution is 2.52. The van der Waals surface area contributed by atoms with Gasteiger partial charge in [0.2, 0.25) is 5.89 Å². The van der Waals surface area contributed by atoms with Crippen molar-refractivity contribution in [2.75, 3.05) is 18.0 Å². The first-order valence-corrected chi connectivity index (χ1v) is 11.4. The minimum absolute atomic E-state index is 0.0527. The predicted octanol–water partition coefficient (Wildman–Crippen LogP) is 5.64. The Bertz CT molecular complexity index is 1530. The van der Waals surface area contributed by atoms with Crippen LogP contribution in [-0.4, -0.2) is 18.1 Å². The Hall–Kier alpha value is -3.59. The first kappa shape index (κ1) is 20.0. The number of para-hydroxylation sites is 2. The molecule has 6 nitrogen and oxygen atoms in total. The zero-order chi connectivity index (χ0) is 23.1. The summed E-state index contributed by atoms with van der Waals surface area (Å²) < 4.78 is 11.9. The van der Waals surface area contributed by atoms with Gasteiger partial charge < -0.3 is 13.7 Å². The van der Waals surface area contributed by atoms with Gasteiger partial charge in [0.15, 0.2) is 5.58 Å². The van der Waals surface area contributed by atoms with Gasteiger partial charge in [-0.05, 0) is 47.4 Å². The lowest BCUT2D eigenvalue weighted by molar-refractivity contribution is 0.398. The number of hydrogen-bond acceptors (Lipinski definition) is 6. The summed E-state index contributed by atoms with van der Waals surface area (Å²) in [5.41, 5.74) is 4.66. The molecule has 0 spiro atoms. The van der Waals surface area contributed by atoms with Gasteiger partial charge in [-0.25, -0.2) is 9.78 Å². The van der Waals surface area contributed by atoms with Gasteiger partial charge in [0.1, 0.15) is 22.7 Å². The van der Waals surface area contributed by atoms with Crippen molar-refractivity contribution in [3.05, 3.63) is 57.4 Å². The summed E-state index contributed by atoms with van der Waals surface area (Å²) in [5.74, 6) is 0.120. The molecule has 6 rings (SSSR count). The Labute approximate surface area is 191 Å². The van der Waals surface area contributed by atoms with Crippen LogP contribution in [0.1, 0.15) is 57.2 Å². The van der Waals surface area contributed by atoms with Gasteiger partial charge >= 0.3 is 5.63 Å². The van der Waals surface area contributed by atoms with Crippen LogP contribution in [0.2, 0.25) is 0 Å². The van der Waals surface area contributed by atoms with Crippen LogP contribution >= 0.6 is 0 Å². The average molecular weight is 440 g/mol. The maximum atomic E-state index is 13.3. The number of rotatable bonds is 1. The molecule has 2 aromatic carbocycles. The second kappa shape index (κ2) is 6.48. The normalized spacial score (nSPS) is 18.3. The van der Waals surface area contributed by atoms with Crippen LogP contribution in [0.3, 0.4) is 0 Å². The van der Waals surface area contributed by atoms with Gasteiger partial charge in [-0.15, -0.1) is 0 Å². The predicted molar refractivity (Wildman–Crippen MR) is 128 cm³/mol. The van der Waals surface area contributed by atoms with E-state index in [1.807, 2.05) is 18.2 Å². The van der Waals surface area contributed by atoms with Gasteiger partial charge in [-0.2, -0.15) is 5.26 Å². The van der Waals surface area contributed by atoms with E-state index in [0.717, 1.165) is 31.5 Å². The summed E-state index contributed by atoms with van der Waals surface area (Å²) in [6.45, 7) is 10.8. The van der Waals surface area contributed by atoms with Crippen molar-refractivity contribution in [2.24, 2.45) is 0 Å². The molecule has 0 saturated heterocycles. The van der Waals surface area contributed by atoms with Crippen LogP contribution in [0.25, 0.3) is 33.5 Å². The average Bonchev–Trinajstić information content (AvgIpc) is 3.19. The molecule has 6 heteroatoms. The summed E-state index contributed by atoms with van der Waals surface area (Å²) in [6.07, 6.45) is 1.99. The van der Waals surface area contributed by atoms with E-state index in [1.165, 1.54) is 11.3 Å². The van der Waals surface area contributed by atoms with E-state index in [-0.39, 0.29) is 27.8 Å². The second-order valence-corrected chi connectivity index (χ2v) is 10.5. The largest absolute Gasteiger partial charge is 0.436 e. The van der Waals surface area contributed by atoms with Crippen molar-refractivity contribution >= 4 is 27.8 Å². The lowest BCUT2D eigenvalue weighted by Gasteiger charge is -2.48. The zero-order valence-electron chi connectivity index (χ0n) is 19.3. The first-order valence-electron chi connectivity index (χ1n) is 11.4. The summed E-state index contributed by atoms with van der Waals surface area (Å²) in [7, 11) is 0. The molecule has 33 heavy (non-hydrogen) atoms. The molecule has 0 amide bonds. The molecule has 0 fully saturated rings. The summed E-state index contributed by atoms with van der Waals surface area (Å²) in [6, 6.07) is 11.7. The molecule has 166 valence electrons. The van der Waals surface area contributed by atoms with Crippen molar-refractivity contribution < 1.29 is 8.83 Å².